The molecule has 124 valence electrons. The lowest BCUT2D eigenvalue weighted by Gasteiger charge is -2.10. The molecule has 0 unspecified atom stereocenters. The van der Waals surface area contributed by atoms with E-state index in [4.69, 9.17) is 0 Å². The monoisotopic (exact) mass is 349 g/mol. The maximum atomic E-state index is 12.1. The van der Waals surface area contributed by atoms with Crippen LogP contribution in [0.4, 0.5) is 0 Å². The Kier molecular flexibility index (Phi) is 4.87. The summed E-state index contributed by atoms with van der Waals surface area (Å²) in [5, 5.41) is 20.0. The predicted octanol–water partition coefficient (Wildman–Crippen LogP) is 3.33. The summed E-state index contributed by atoms with van der Waals surface area (Å²) < 4.78 is 0. The molecule has 0 spiro atoms. The zero-order valence-corrected chi connectivity index (χ0v) is 14.3. The molecule has 0 aliphatic carbocycles. The average Bonchev–Trinajstić information content (AvgIpc) is 2.63. The van der Waals surface area contributed by atoms with E-state index in [1.54, 1.807) is 18.4 Å². The summed E-state index contributed by atoms with van der Waals surface area (Å²) in [7, 11) is 0. The summed E-state index contributed by atoms with van der Waals surface area (Å²) in [6.45, 7) is 0. The molecule has 0 atom stereocenters. The van der Waals surface area contributed by atoms with Crippen LogP contribution in [0.2, 0.25) is 0 Å². The Morgan fingerprint density at radius 1 is 1.20 bits per heavy atom. The topological polar surface area (TPSA) is 89.8 Å². The number of aromatic hydroxyl groups is 1. The number of benzene rings is 2. The van der Waals surface area contributed by atoms with Crippen molar-refractivity contribution in [1.29, 1.82) is 5.26 Å². The van der Waals surface area contributed by atoms with Gasteiger partial charge in [0.2, 0.25) is 0 Å². The molecule has 0 radical (unpaired) electrons. The Labute approximate surface area is 149 Å². The van der Waals surface area contributed by atoms with Gasteiger partial charge >= 0.3 is 0 Å². The van der Waals surface area contributed by atoms with Gasteiger partial charge in [-0.3, -0.25) is 4.79 Å². The van der Waals surface area contributed by atoms with Gasteiger partial charge in [-0.1, -0.05) is 48.2 Å². The molecule has 0 saturated carbocycles. The van der Waals surface area contributed by atoms with Gasteiger partial charge in [0, 0.05) is 5.56 Å². The molecule has 6 heteroatoms. The number of hydrogen-bond donors (Lipinski definition) is 2. The van der Waals surface area contributed by atoms with E-state index in [0.717, 1.165) is 11.1 Å². The summed E-state index contributed by atoms with van der Waals surface area (Å²) in [4.78, 5) is 19.0. The van der Waals surface area contributed by atoms with Crippen LogP contribution in [-0.2, 0) is 6.42 Å². The highest BCUT2D eigenvalue weighted by molar-refractivity contribution is 7.98. The van der Waals surface area contributed by atoms with Crippen molar-refractivity contribution < 1.29 is 5.11 Å². The van der Waals surface area contributed by atoms with Crippen LogP contribution in [0.3, 0.4) is 0 Å². The molecule has 2 N–H and O–H groups in total. The van der Waals surface area contributed by atoms with Gasteiger partial charge < -0.3 is 10.1 Å². The summed E-state index contributed by atoms with van der Waals surface area (Å²) in [5.74, 6) is -0.0153. The normalized spacial score (nSPS) is 10.4. The fraction of sp³-hybridized carbons (Fsp3) is 0.105. The molecular formula is C19H15N3O2S. The fourth-order valence-corrected chi connectivity index (χ4v) is 2.94. The molecule has 0 bridgehead atoms. The highest BCUT2D eigenvalue weighted by Crippen LogP contribution is 2.31. The highest BCUT2D eigenvalue weighted by Gasteiger charge is 2.16. The zero-order valence-electron chi connectivity index (χ0n) is 13.5. The van der Waals surface area contributed by atoms with E-state index >= 15 is 0 Å². The van der Waals surface area contributed by atoms with Gasteiger partial charge in [0.1, 0.15) is 23.1 Å². The van der Waals surface area contributed by atoms with E-state index in [0.29, 0.717) is 17.1 Å². The SMILES string of the molecule is CSc1nc(-c2cc(Cc3ccccc3)ccc2O)c(C#N)c(=O)[nH]1. The number of aromatic amines is 1. The van der Waals surface area contributed by atoms with Crippen LogP contribution in [0.15, 0.2) is 58.5 Å². The van der Waals surface area contributed by atoms with Gasteiger partial charge in [-0.15, -0.1) is 0 Å². The van der Waals surface area contributed by atoms with E-state index in [1.165, 1.54) is 11.8 Å². The van der Waals surface area contributed by atoms with E-state index < -0.39 is 5.56 Å². The van der Waals surface area contributed by atoms with Gasteiger partial charge in [-0.05, 0) is 35.9 Å². The minimum absolute atomic E-state index is 0.0153. The Morgan fingerprint density at radius 3 is 2.64 bits per heavy atom. The van der Waals surface area contributed by atoms with Crippen molar-refractivity contribution in [1.82, 2.24) is 9.97 Å². The number of phenolic OH excluding ortho intramolecular Hbond substituents is 1. The second-order valence-electron chi connectivity index (χ2n) is 5.42. The second-order valence-corrected chi connectivity index (χ2v) is 6.22. The Bertz CT molecular complexity index is 1010. The van der Waals surface area contributed by atoms with Gasteiger partial charge in [-0.2, -0.15) is 5.26 Å². The van der Waals surface area contributed by atoms with Crippen molar-refractivity contribution in [2.24, 2.45) is 0 Å². The summed E-state index contributed by atoms with van der Waals surface area (Å²) >= 11 is 1.27. The molecule has 0 fully saturated rings. The molecule has 1 aromatic heterocycles. The average molecular weight is 349 g/mol. The third-order valence-corrected chi connectivity index (χ3v) is 4.35. The molecule has 2 aromatic carbocycles. The lowest BCUT2D eigenvalue weighted by atomic mass is 9.99. The van der Waals surface area contributed by atoms with E-state index in [9.17, 15) is 15.2 Å². The maximum Gasteiger partial charge on any atom is 0.270 e. The minimum Gasteiger partial charge on any atom is -0.507 e. The number of thioether (sulfide) groups is 1. The van der Waals surface area contributed by atoms with Crippen LogP contribution in [0.1, 0.15) is 16.7 Å². The first-order chi connectivity index (χ1) is 12.1. The number of nitrogens with one attached hydrogen (secondary N) is 1. The number of nitrogens with zero attached hydrogens (tertiary/aromatic N) is 2. The smallest absolute Gasteiger partial charge is 0.270 e. The van der Waals surface area contributed by atoms with Crippen LogP contribution in [0.5, 0.6) is 5.75 Å². The predicted molar refractivity (Wildman–Crippen MR) is 97.7 cm³/mol. The lowest BCUT2D eigenvalue weighted by molar-refractivity contribution is 0.477. The number of aromatic nitrogens is 2. The zero-order chi connectivity index (χ0) is 17.8. The van der Waals surface area contributed by atoms with Gasteiger partial charge in [0.15, 0.2) is 5.16 Å². The molecule has 0 saturated heterocycles. The fourth-order valence-electron chi connectivity index (χ4n) is 2.56. The van der Waals surface area contributed by atoms with Crippen LogP contribution < -0.4 is 5.56 Å². The molecule has 0 aliphatic heterocycles. The first-order valence-corrected chi connectivity index (χ1v) is 8.79. The maximum absolute atomic E-state index is 12.1. The van der Waals surface area contributed by atoms with Crippen LogP contribution in [-0.4, -0.2) is 21.3 Å². The van der Waals surface area contributed by atoms with Gasteiger partial charge in [0.25, 0.3) is 5.56 Å². The summed E-state index contributed by atoms with van der Waals surface area (Å²) in [6.07, 6.45) is 2.45. The van der Waals surface area contributed by atoms with E-state index in [-0.39, 0.29) is 17.0 Å². The number of phenols is 1. The quantitative estimate of drug-likeness (QED) is 0.557. The Hall–Kier alpha value is -3.04. The van der Waals surface area contributed by atoms with Crippen molar-refractivity contribution in [2.45, 2.75) is 11.6 Å². The van der Waals surface area contributed by atoms with Gasteiger partial charge in [-0.25, -0.2) is 4.98 Å². The van der Waals surface area contributed by atoms with Gasteiger partial charge in [0.05, 0.1) is 0 Å². The van der Waals surface area contributed by atoms with Crippen molar-refractivity contribution in [2.75, 3.05) is 6.26 Å². The second kappa shape index (κ2) is 7.24. The Balaban J connectivity index is 2.12. The van der Waals surface area contributed by atoms with Crippen LogP contribution >= 0.6 is 11.8 Å². The molecule has 25 heavy (non-hydrogen) atoms. The molecule has 5 nitrogen and oxygen atoms in total. The largest absolute Gasteiger partial charge is 0.507 e. The van der Waals surface area contributed by atoms with Crippen molar-refractivity contribution in [3.05, 3.63) is 75.6 Å². The number of rotatable bonds is 4. The molecule has 1 heterocycles. The van der Waals surface area contributed by atoms with Crippen molar-refractivity contribution >= 4 is 11.8 Å². The number of H-pyrrole nitrogens is 1. The standard InChI is InChI=1S/C19H15N3O2S/c1-25-19-21-17(15(11-20)18(24)22-19)14-10-13(7-8-16(14)23)9-12-5-3-2-4-6-12/h2-8,10,23H,9H2,1H3,(H,21,22,24). The molecule has 3 rings (SSSR count). The van der Waals surface area contributed by atoms with Crippen molar-refractivity contribution in [3.63, 3.8) is 0 Å². The van der Waals surface area contributed by atoms with E-state index in [1.807, 2.05) is 42.5 Å². The minimum atomic E-state index is -0.510. The van der Waals surface area contributed by atoms with E-state index in [2.05, 4.69) is 9.97 Å². The molecule has 3 aromatic rings. The van der Waals surface area contributed by atoms with Crippen LogP contribution in [0.25, 0.3) is 11.3 Å². The molecule has 0 amide bonds. The van der Waals surface area contributed by atoms with Crippen LogP contribution in [0, 0.1) is 11.3 Å². The third-order valence-electron chi connectivity index (χ3n) is 3.77. The Morgan fingerprint density at radius 2 is 1.96 bits per heavy atom. The molecule has 0 aliphatic rings. The first-order valence-electron chi connectivity index (χ1n) is 7.57. The number of nitriles is 1. The first kappa shape index (κ1) is 16.8. The number of hydrogen-bond acceptors (Lipinski definition) is 5. The highest BCUT2D eigenvalue weighted by atomic mass is 32.2. The summed E-state index contributed by atoms with van der Waals surface area (Å²) in [6, 6.07) is 17.0. The molecular weight excluding hydrogens is 334 g/mol. The summed E-state index contributed by atoms with van der Waals surface area (Å²) in [5.41, 5.74) is 2.04. The van der Waals surface area contributed by atoms with Crippen molar-refractivity contribution in [3.8, 4) is 23.1 Å². The third kappa shape index (κ3) is 3.57. The lowest BCUT2D eigenvalue weighted by Crippen LogP contribution is -2.14.